The second-order valence-corrected chi connectivity index (χ2v) is 6.11. The summed E-state index contributed by atoms with van der Waals surface area (Å²) in [6.45, 7) is 3.61. The predicted molar refractivity (Wildman–Crippen MR) is 77.5 cm³/mol. The number of benzene rings is 1. The lowest BCUT2D eigenvalue weighted by Crippen LogP contribution is -2.31. The van der Waals surface area contributed by atoms with Crippen LogP contribution in [0.5, 0.6) is 0 Å². The second-order valence-electron chi connectivity index (χ2n) is 5.38. The van der Waals surface area contributed by atoms with Crippen LogP contribution in [-0.4, -0.2) is 35.2 Å². The highest BCUT2D eigenvalue weighted by molar-refractivity contribution is 7.09. The van der Waals surface area contributed by atoms with Gasteiger partial charge in [-0.2, -0.15) is 9.36 Å². The molecule has 112 valence electrons. The lowest BCUT2D eigenvalue weighted by Gasteiger charge is -2.22. The Hall–Kier alpha value is -1.60. The second kappa shape index (κ2) is 5.31. The van der Waals surface area contributed by atoms with Crippen LogP contribution in [0.2, 0.25) is 0 Å². The van der Waals surface area contributed by atoms with E-state index in [4.69, 9.17) is 4.74 Å². The molecule has 0 radical (unpaired) electrons. The van der Waals surface area contributed by atoms with Gasteiger partial charge in [-0.3, -0.25) is 0 Å². The minimum Gasteiger partial charge on any atom is -0.377 e. The number of anilines is 1. The molecule has 0 bridgehead atoms. The van der Waals surface area contributed by atoms with Crippen molar-refractivity contribution in [2.24, 2.45) is 0 Å². The van der Waals surface area contributed by atoms with Crippen LogP contribution < -0.4 is 4.90 Å². The molecule has 7 heteroatoms. The van der Waals surface area contributed by atoms with E-state index in [2.05, 4.69) is 21.2 Å². The molecule has 1 aliphatic heterocycles. The summed E-state index contributed by atoms with van der Waals surface area (Å²) in [5.41, 5.74) is 0.167. The van der Waals surface area contributed by atoms with Crippen molar-refractivity contribution < 1.29 is 13.5 Å². The van der Waals surface area contributed by atoms with E-state index in [-0.39, 0.29) is 5.60 Å². The molecular weight excluding hydrogens is 296 g/mol. The van der Waals surface area contributed by atoms with E-state index in [1.54, 1.807) is 7.11 Å². The number of ether oxygens (including phenoxy) is 1. The highest BCUT2D eigenvalue weighted by atomic mass is 32.1. The van der Waals surface area contributed by atoms with Crippen LogP contribution in [0, 0.1) is 11.6 Å². The van der Waals surface area contributed by atoms with Crippen molar-refractivity contribution in [1.82, 2.24) is 9.36 Å². The van der Waals surface area contributed by atoms with Crippen molar-refractivity contribution in [1.29, 1.82) is 0 Å². The van der Waals surface area contributed by atoms with Crippen molar-refractivity contribution in [2.45, 2.75) is 18.9 Å². The zero-order valence-corrected chi connectivity index (χ0v) is 12.6. The van der Waals surface area contributed by atoms with Crippen molar-refractivity contribution in [3.8, 4) is 11.4 Å². The molecule has 1 aromatic carbocycles. The van der Waals surface area contributed by atoms with Crippen molar-refractivity contribution in [2.75, 3.05) is 25.1 Å². The Morgan fingerprint density at radius 3 is 2.62 bits per heavy atom. The molecule has 1 saturated heterocycles. The topological polar surface area (TPSA) is 38.2 Å². The minimum atomic E-state index is -0.630. The SMILES string of the molecule is COC1(C)CCN(c2nc(-c3cc(F)cc(F)c3)ns2)C1. The number of nitrogens with zero attached hydrogens (tertiary/aromatic N) is 3. The third-order valence-electron chi connectivity index (χ3n) is 3.74. The van der Waals surface area contributed by atoms with Crippen LogP contribution >= 0.6 is 11.5 Å². The van der Waals surface area contributed by atoms with Crippen molar-refractivity contribution >= 4 is 16.7 Å². The fraction of sp³-hybridized carbons (Fsp3) is 0.429. The fourth-order valence-electron chi connectivity index (χ4n) is 2.41. The van der Waals surface area contributed by atoms with Crippen molar-refractivity contribution in [3.05, 3.63) is 29.8 Å². The minimum absolute atomic E-state index is 0.184. The zero-order chi connectivity index (χ0) is 15.0. The number of hydrogen-bond donors (Lipinski definition) is 0. The fourth-order valence-corrected chi connectivity index (χ4v) is 3.12. The van der Waals surface area contributed by atoms with Crippen LogP contribution in [0.3, 0.4) is 0 Å². The lowest BCUT2D eigenvalue weighted by atomic mass is 10.1. The Morgan fingerprint density at radius 1 is 1.29 bits per heavy atom. The molecule has 1 atom stereocenters. The maximum atomic E-state index is 13.2. The number of rotatable bonds is 3. The number of hydrogen-bond acceptors (Lipinski definition) is 5. The third-order valence-corrected chi connectivity index (χ3v) is 4.51. The standard InChI is InChI=1S/C14H15F2N3OS/c1-14(20-2)3-4-19(8-14)13-17-12(18-21-13)9-5-10(15)7-11(16)6-9/h5-7H,3-4,8H2,1-2H3. The van der Waals surface area contributed by atoms with Gasteiger partial charge in [-0.05, 0) is 25.5 Å². The summed E-state index contributed by atoms with van der Waals surface area (Å²) in [5, 5.41) is 0.746. The molecule has 4 nitrogen and oxygen atoms in total. The Labute approximate surface area is 125 Å². The first-order valence-corrected chi connectivity index (χ1v) is 7.37. The van der Waals surface area contributed by atoms with Gasteiger partial charge in [0.05, 0.1) is 5.60 Å². The van der Waals surface area contributed by atoms with Gasteiger partial charge in [-0.15, -0.1) is 0 Å². The summed E-state index contributed by atoms with van der Waals surface area (Å²) >= 11 is 1.23. The average molecular weight is 311 g/mol. The van der Waals surface area contributed by atoms with Gasteiger partial charge < -0.3 is 9.64 Å². The number of aromatic nitrogens is 2. The summed E-state index contributed by atoms with van der Waals surface area (Å²) in [5.74, 6) is -0.914. The van der Waals surface area contributed by atoms with E-state index in [0.717, 1.165) is 30.7 Å². The molecule has 1 aromatic heterocycles. The van der Waals surface area contributed by atoms with Crippen molar-refractivity contribution in [3.63, 3.8) is 0 Å². The van der Waals surface area contributed by atoms with Crippen LogP contribution in [0.15, 0.2) is 18.2 Å². The van der Waals surface area contributed by atoms with Gasteiger partial charge in [0.2, 0.25) is 5.13 Å². The van der Waals surface area contributed by atoms with E-state index in [1.165, 1.54) is 23.7 Å². The smallest absolute Gasteiger partial charge is 0.205 e. The van der Waals surface area contributed by atoms with E-state index in [9.17, 15) is 8.78 Å². The van der Waals surface area contributed by atoms with E-state index in [1.807, 2.05) is 0 Å². The quantitative estimate of drug-likeness (QED) is 0.873. The molecule has 21 heavy (non-hydrogen) atoms. The predicted octanol–water partition coefficient (Wildman–Crippen LogP) is 3.10. The monoisotopic (exact) mass is 311 g/mol. The molecule has 0 N–H and O–H groups in total. The molecule has 1 fully saturated rings. The molecule has 0 aliphatic carbocycles. The first-order chi connectivity index (χ1) is 9.99. The maximum Gasteiger partial charge on any atom is 0.205 e. The third kappa shape index (κ3) is 2.89. The Bertz CT molecular complexity index is 643. The van der Waals surface area contributed by atoms with Gasteiger partial charge in [0.1, 0.15) is 11.6 Å². The number of halogens is 2. The molecular formula is C14H15F2N3OS. The molecule has 0 amide bonds. The van der Waals surface area contributed by atoms with Gasteiger partial charge in [0.15, 0.2) is 5.82 Å². The molecule has 1 unspecified atom stereocenters. The Morgan fingerprint density at radius 2 is 2.00 bits per heavy atom. The van der Waals surface area contributed by atoms with Gasteiger partial charge in [-0.1, -0.05) is 0 Å². The molecule has 1 aliphatic rings. The molecule has 2 heterocycles. The van der Waals surface area contributed by atoms with Gasteiger partial charge in [-0.25, -0.2) is 8.78 Å². The molecule has 3 rings (SSSR count). The number of methoxy groups -OCH3 is 1. The molecule has 2 aromatic rings. The molecule has 0 spiro atoms. The van der Waals surface area contributed by atoms with Crippen LogP contribution in [0.1, 0.15) is 13.3 Å². The summed E-state index contributed by atoms with van der Waals surface area (Å²) in [6, 6.07) is 3.30. The Kier molecular flexibility index (Phi) is 3.62. The van der Waals surface area contributed by atoms with Gasteiger partial charge in [0.25, 0.3) is 0 Å². The van der Waals surface area contributed by atoms with Crippen LogP contribution in [-0.2, 0) is 4.74 Å². The van der Waals surface area contributed by atoms with Gasteiger partial charge >= 0.3 is 0 Å². The summed E-state index contributed by atoms with van der Waals surface area (Å²) in [7, 11) is 1.70. The van der Waals surface area contributed by atoms with E-state index < -0.39 is 11.6 Å². The lowest BCUT2D eigenvalue weighted by molar-refractivity contribution is 0.0257. The highest BCUT2D eigenvalue weighted by Crippen LogP contribution is 2.31. The van der Waals surface area contributed by atoms with E-state index in [0.29, 0.717) is 11.4 Å². The average Bonchev–Trinajstić information content (AvgIpc) is 3.05. The van der Waals surface area contributed by atoms with Gasteiger partial charge in [0, 0.05) is 43.4 Å². The summed E-state index contributed by atoms with van der Waals surface area (Å²) in [6.07, 6.45) is 0.910. The Balaban J connectivity index is 1.84. The largest absolute Gasteiger partial charge is 0.377 e. The first kappa shape index (κ1) is 14.3. The first-order valence-electron chi connectivity index (χ1n) is 6.59. The molecule has 0 saturated carbocycles. The van der Waals surface area contributed by atoms with Crippen LogP contribution in [0.25, 0.3) is 11.4 Å². The normalized spacial score (nSPS) is 22.0. The van der Waals surface area contributed by atoms with Crippen LogP contribution in [0.4, 0.5) is 13.9 Å². The maximum absolute atomic E-state index is 13.2. The zero-order valence-electron chi connectivity index (χ0n) is 11.8. The highest BCUT2D eigenvalue weighted by Gasteiger charge is 2.35. The summed E-state index contributed by atoms with van der Waals surface area (Å²) < 4.78 is 36.2. The van der Waals surface area contributed by atoms with E-state index >= 15 is 0 Å². The summed E-state index contributed by atoms with van der Waals surface area (Å²) in [4.78, 5) is 6.47.